The van der Waals surface area contributed by atoms with Gasteiger partial charge in [-0.3, -0.25) is 0 Å². The lowest BCUT2D eigenvalue weighted by Gasteiger charge is -2.11. The molecule has 0 bridgehead atoms. The van der Waals surface area contributed by atoms with Gasteiger partial charge in [0.1, 0.15) is 15.7 Å². The molecular formula is C13H17N3O3S2. The van der Waals surface area contributed by atoms with Crippen LogP contribution in [0.4, 0.5) is 0 Å². The number of hydrogen-bond donors (Lipinski definition) is 2. The second-order valence-electron chi connectivity index (χ2n) is 4.27. The third-order valence-corrected chi connectivity index (χ3v) is 5.02. The monoisotopic (exact) mass is 327 g/mol. The molecule has 0 aliphatic carbocycles. The first-order valence-electron chi connectivity index (χ1n) is 6.26. The van der Waals surface area contributed by atoms with Crippen LogP contribution in [0.25, 0.3) is 0 Å². The molecule has 1 aromatic carbocycles. The van der Waals surface area contributed by atoms with E-state index in [0.29, 0.717) is 17.3 Å². The van der Waals surface area contributed by atoms with E-state index < -0.39 is 10.0 Å². The van der Waals surface area contributed by atoms with Crippen LogP contribution in [0.3, 0.4) is 0 Å². The summed E-state index contributed by atoms with van der Waals surface area (Å²) in [7, 11) is -0.357. The summed E-state index contributed by atoms with van der Waals surface area (Å²) in [6.07, 6.45) is 1.64. The number of rotatable bonds is 7. The van der Waals surface area contributed by atoms with Crippen molar-refractivity contribution in [1.29, 1.82) is 0 Å². The summed E-state index contributed by atoms with van der Waals surface area (Å²) < 4.78 is 32.4. The number of thiazole rings is 1. The van der Waals surface area contributed by atoms with Crippen molar-refractivity contribution in [2.24, 2.45) is 0 Å². The SMILES string of the molecule is CNCc1ccc(S(=O)(=O)NCc2nccs2)c(OC)c1. The molecule has 2 aromatic rings. The molecule has 0 saturated heterocycles. The van der Waals surface area contributed by atoms with Crippen molar-refractivity contribution >= 4 is 21.4 Å². The quantitative estimate of drug-likeness (QED) is 0.802. The lowest BCUT2D eigenvalue weighted by atomic mass is 10.2. The number of benzene rings is 1. The third-order valence-electron chi connectivity index (χ3n) is 2.80. The van der Waals surface area contributed by atoms with E-state index in [-0.39, 0.29) is 11.4 Å². The number of nitrogens with zero attached hydrogens (tertiary/aromatic N) is 1. The van der Waals surface area contributed by atoms with E-state index in [1.54, 1.807) is 29.8 Å². The highest BCUT2D eigenvalue weighted by Crippen LogP contribution is 2.25. The Hall–Kier alpha value is -1.48. The van der Waals surface area contributed by atoms with Gasteiger partial charge in [0, 0.05) is 18.1 Å². The first kappa shape index (κ1) is 15.9. The molecule has 6 nitrogen and oxygen atoms in total. The van der Waals surface area contributed by atoms with E-state index in [1.807, 2.05) is 7.05 Å². The molecule has 0 spiro atoms. The van der Waals surface area contributed by atoms with Crippen molar-refractivity contribution < 1.29 is 13.2 Å². The van der Waals surface area contributed by atoms with Crippen LogP contribution in [0.2, 0.25) is 0 Å². The van der Waals surface area contributed by atoms with Gasteiger partial charge in [-0.1, -0.05) is 6.07 Å². The maximum absolute atomic E-state index is 12.3. The molecule has 2 N–H and O–H groups in total. The van der Waals surface area contributed by atoms with E-state index in [2.05, 4.69) is 15.0 Å². The summed E-state index contributed by atoms with van der Waals surface area (Å²) in [4.78, 5) is 4.17. The molecule has 0 unspecified atom stereocenters. The van der Waals surface area contributed by atoms with E-state index in [9.17, 15) is 8.42 Å². The largest absolute Gasteiger partial charge is 0.495 e. The predicted octanol–water partition coefficient (Wildman–Crippen LogP) is 1.35. The van der Waals surface area contributed by atoms with Crippen molar-refractivity contribution in [2.75, 3.05) is 14.2 Å². The lowest BCUT2D eigenvalue weighted by molar-refractivity contribution is 0.401. The van der Waals surface area contributed by atoms with Gasteiger partial charge in [-0.15, -0.1) is 11.3 Å². The summed E-state index contributed by atoms with van der Waals surface area (Å²) in [6.45, 7) is 0.810. The number of hydrogen-bond acceptors (Lipinski definition) is 6. The zero-order valence-corrected chi connectivity index (χ0v) is 13.4. The minimum Gasteiger partial charge on any atom is -0.495 e. The Balaban J connectivity index is 2.22. The molecule has 0 fully saturated rings. The fourth-order valence-corrected chi connectivity index (χ4v) is 3.61. The predicted molar refractivity (Wildman–Crippen MR) is 81.9 cm³/mol. The lowest BCUT2D eigenvalue weighted by Crippen LogP contribution is -2.23. The number of sulfonamides is 1. The van der Waals surface area contributed by atoms with Gasteiger partial charge >= 0.3 is 0 Å². The third kappa shape index (κ3) is 4.01. The molecule has 0 atom stereocenters. The molecule has 21 heavy (non-hydrogen) atoms. The number of nitrogens with one attached hydrogen (secondary N) is 2. The molecule has 0 aliphatic rings. The van der Waals surface area contributed by atoms with Crippen molar-refractivity contribution in [3.8, 4) is 5.75 Å². The van der Waals surface area contributed by atoms with Crippen LogP contribution in [0.5, 0.6) is 5.75 Å². The number of aromatic nitrogens is 1. The highest BCUT2D eigenvalue weighted by atomic mass is 32.2. The highest BCUT2D eigenvalue weighted by Gasteiger charge is 2.19. The van der Waals surface area contributed by atoms with Gasteiger partial charge < -0.3 is 10.1 Å². The van der Waals surface area contributed by atoms with E-state index in [1.165, 1.54) is 18.4 Å². The van der Waals surface area contributed by atoms with Crippen LogP contribution in [-0.2, 0) is 23.1 Å². The Labute approximate surface area is 128 Å². The Kier molecular flexibility index (Phi) is 5.29. The van der Waals surface area contributed by atoms with Gasteiger partial charge in [0.25, 0.3) is 0 Å². The standard InChI is InChI=1S/C13H17N3O3S2/c1-14-8-10-3-4-12(11(7-10)19-2)21(17,18)16-9-13-15-5-6-20-13/h3-7,14,16H,8-9H2,1-2H3. The molecule has 0 amide bonds. The average Bonchev–Trinajstić information content (AvgIpc) is 2.98. The zero-order chi connectivity index (χ0) is 15.3. The van der Waals surface area contributed by atoms with Crippen molar-refractivity contribution in [2.45, 2.75) is 18.0 Å². The first-order valence-corrected chi connectivity index (χ1v) is 8.62. The molecule has 0 aliphatic heterocycles. The molecular weight excluding hydrogens is 310 g/mol. The molecule has 8 heteroatoms. The second kappa shape index (κ2) is 6.99. The molecule has 0 saturated carbocycles. The Morgan fingerprint density at radius 2 is 2.14 bits per heavy atom. The van der Waals surface area contributed by atoms with Crippen molar-refractivity contribution in [3.63, 3.8) is 0 Å². The van der Waals surface area contributed by atoms with Gasteiger partial charge in [0.15, 0.2) is 0 Å². The number of ether oxygens (including phenoxy) is 1. The van der Waals surface area contributed by atoms with Crippen molar-refractivity contribution in [1.82, 2.24) is 15.0 Å². The van der Waals surface area contributed by atoms with Crippen LogP contribution in [0, 0.1) is 0 Å². The van der Waals surface area contributed by atoms with Crippen LogP contribution in [-0.4, -0.2) is 27.6 Å². The van der Waals surface area contributed by atoms with E-state index >= 15 is 0 Å². The Morgan fingerprint density at radius 1 is 1.33 bits per heavy atom. The Bertz CT molecular complexity index is 685. The van der Waals surface area contributed by atoms with Crippen molar-refractivity contribution in [3.05, 3.63) is 40.3 Å². The fraction of sp³-hybridized carbons (Fsp3) is 0.308. The van der Waals surface area contributed by atoms with E-state index in [4.69, 9.17) is 4.74 Å². The maximum atomic E-state index is 12.3. The van der Waals surface area contributed by atoms with Crippen LogP contribution in [0.15, 0.2) is 34.7 Å². The topological polar surface area (TPSA) is 80.3 Å². The Morgan fingerprint density at radius 3 is 2.76 bits per heavy atom. The van der Waals surface area contributed by atoms with Crippen LogP contribution in [0.1, 0.15) is 10.6 Å². The molecule has 0 radical (unpaired) electrons. The minimum absolute atomic E-state index is 0.126. The smallest absolute Gasteiger partial charge is 0.244 e. The number of methoxy groups -OCH3 is 1. The van der Waals surface area contributed by atoms with E-state index in [0.717, 1.165) is 5.56 Å². The molecule has 1 heterocycles. The first-order chi connectivity index (χ1) is 10.1. The average molecular weight is 327 g/mol. The summed E-state index contributed by atoms with van der Waals surface area (Å²) in [5, 5.41) is 5.52. The molecule has 2 rings (SSSR count). The maximum Gasteiger partial charge on any atom is 0.244 e. The van der Waals surface area contributed by atoms with Gasteiger partial charge in [0.2, 0.25) is 10.0 Å². The minimum atomic E-state index is -3.64. The normalized spacial score (nSPS) is 11.5. The summed E-state index contributed by atoms with van der Waals surface area (Å²) in [6, 6.07) is 5.03. The van der Waals surface area contributed by atoms with Crippen LogP contribution >= 0.6 is 11.3 Å². The van der Waals surface area contributed by atoms with Crippen LogP contribution < -0.4 is 14.8 Å². The second-order valence-corrected chi connectivity index (χ2v) is 6.98. The molecule has 1 aromatic heterocycles. The highest BCUT2D eigenvalue weighted by molar-refractivity contribution is 7.89. The molecule has 114 valence electrons. The fourth-order valence-electron chi connectivity index (χ4n) is 1.82. The zero-order valence-electron chi connectivity index (χ0n) is 11.8. The van der Waals surface area contributed by atoms with Gasteiger partial charge in [-0.25, -0.2) is 18.1 Å². The van der Waals surface area contributed by atoms with Gasteiger partial charge in [-0.2, -0.15) is 0 Å². The van der Waals surface area contributed by atoms with Gasteiger partial charge in [-0.05, 0) is 24.7 Å². The summed E-state index contributed by atoms with van der Waals surface area (Å²) >= 11 is 1.40. The summed E-state index contributed by atoms with van der Waals surface area (Å²) in [5.41, 5.74) is 0.952. The summed E-state index contributed by atoms with van der Waals surface area (Å²) in [5.74, 6) is 0.328. The van der Waals surface area contributed by atoms with Gasteiger partial charge in [0.05, 0.1) is 13.7 Å².